The van der Waals surface area contributed by atoms with Gasteiger partial charge in [-0.1, -0.05) is 34.6 Å². The molecule has 0 aliphatic carbocycles. The summed E-state index contributed by atoms with van der Waals surface area (Å²) in [6.45, 7) is 11.2. The number of hydrogen-bond donors (Lipinski definition) is 1. The summed E-state index contributed by atoms with van der Waals surface area (Å²) in [6.07, 6.45) is 5.63. The summed E-state index contributed by atoms with van der Waals surface area (Å²) in [5.74, 6) is 1.70. The molecule has 0 aromatic carbocycles. The molecule has 0 unspecified atom stereocenters. The van der Waals surface area contributed by atoms with Gasteiger partial charge in [0.1, 0.15) is 0 Å². The first-order valence-corrected chi connectivity index (χ1v) is 6.26. The van der Waals surface area contributed by atoms with Gasteiger partial charge in [-0.3, -0.25) is 0 Å². The second kappa shape index (κ2) is 3.97. The molecule has 2 heterocycles. The van der Waals surface area contributed by atoms with Crippen LogP contribution in [-0.4, -0.2) is 19.5 Å². The van der Waals surface area contributed by atoms with Crippen molar-refractivity contribution in [2.45, 2.75) is 40.0 Å². The molecule has 0 spiro atoms. The number of aromatic amines is 1. The Balaban J connectivity index is 2.41. The van der Waals surface area contributed by atoms with Crippen LogP contribution in [0.25, 0.3) is 11.6 Å². The van der Waals surface area contributed by atoms with Crippen molar-refractivity contribution in [2.75, 3.05) is 0 Å². The van der Waals surface area contributed by atoms with Gasteiger partial charge in [0.05, 0.1) is 0 Å². The van der Waals surface area contributed by atoms with Gasteiger partial charge in [-0.2, -0.15) is 0 Å². The van der Waals surface area contributed by atoms with Crippen LogP contribution in [0.5, 0.6) is 0 Å². The van der Waals surface area contributed by atoms with Gasteiger partial charge in [0.2, 0.25) is 0 Å². The number of nitrogens with zero attached hydrogens (tertiary/aromatic N) is 3. The van der Waals surface area contributed by atoms with Crippen LogP contribution < -0.4 is 0 Å². The van der Waals surface area contributed by atoms with E-state index < -0.39 is 0 Å². The summed E-state index contributed by atoms with van der Waals surface area (Å²) in [5.41, 5.74) is 1.34. The maximum absolute atomic E-state index is 4.46. The Morgan fingerprint density at radius 1 is 1.11 bits per heavy atom. The summed E-state index contributed by atoms with van der Waals surface area (Å²) in [7, 11) is 1.97. The van der Waals surface area contributed by atoms with Crippen LogP contribution in [-0.2, 0) is 12.5 Å². The quantitative estimate of drug-likeness (QED) is 0.885. The maximum Gasteiger partial charge on any atom is 0.175 e. The Bertz CT molecular complexity index is 540. The monoisotopic (exact) mass is 246 g/mol. The van der Waals surface area contributed by atoms with Gasteiger partial charge in [0, 0.05) is 36.7 Å². The zero-order valence-corrected chi connectivity index (χ0v) is 12.1. The smallest absolute Gasteiger partial charge is 0.175 e. The zero-order chi connectivity index (χ0) is 13.6. The zero-order valence-electron chi connectivity index (χ0n) is 12.1. The van der Waals surface area contributed by atoms with Crippen LogP contribution in [0.15, 0.2) is 18.6 Å². The first-order valence-electron chi connectivity index (χ1n) is 6.26. The van der Waals surface area contributed by atoms with Crippen LogP contribution in [0.3, 0.4) is 0 Å². The molecule has 2 aromatic rings. The van der Waals surface area contributed by atoms with E-state index in [0.29, 0.717) is 0 Å². The van der Waals surface area contributed by atoms with Crippen molar-refractivity contribution in [1.29, 1.82) is 0 Å². The van der Waals surface area contributed by atoms with Gasteiger partial charge in [-0.05, 0) is 5.41 Å². The molecule has 0 amide bonds. The molecule has 0 aliphatic heterocycles. The Labute approximate surface area is 108 Å². The van der Waals surface area contributed by atoms with Crippen LogP contribution in [0.4, 0.5) is 0 Å². The molecule has 2 aromatic heterocycles. The topological polar surface area (TPSA) is 46.5 Å². The molecule has 18 heavy (non-hydrogen) atoms. The number of aryl methyl sites for hydroxylation is 1. The van der Waals surface area contributed by atoms with E-state index in [-0.39, 0.29) is 10.8 Å². The lowest BCUT2D eigenvalue weighted by atomic mass is 9.67. The lowest BCUT2D eigenvalue weighted by Crippen LogP contribution is -2.34. The molecular weight excluding hydrogens is 224 g/mol. The van der Waals surface area contributed by atoms with E-state index in [9.17, 15) is 0 Å². The standard InChI is InChI=1S/C14H22N4/c1-13(2,3)14(4,5)10-9-16-11(17-10)12-15-7-8-18(12)6/h7-9H,1-6H3,(H,16,17). The van der Waals surface area contributed by atoms with Crippen LogP contribution >= 0.6 is 0 Å². The van der Waals surface area contributed by atoms with Crippen molar-refractivity contribution in [1.82, 2.24) is 19.5 Å². The Hall–Kier alpha value is -1.58. The molecule has 0 bridgehead atoms. The summed E-state index contributed by atoms with van der Waals surface area (Å²) < 4.78 is 1.96. The minimum atomic E-state index is 0.0312. The van der Waals surface area contributed by atoms with E-state index >= 15 is 0 Å². The van der Waals surface area contributed by atoms with Crippen molar-refractivity contribution >= 4 is 0 Å². The van der Waals surface area contributed by atoms with Gasteiger partial charge >= 0.3 is 0 Å². The molecule has 1 N–H and O–H groups in total. The largest absolute Gasteiger partial charge is 0.339 e. The van der Waals surface area contributed by atoms with E-state index in [1.165, 1.54) is 0 Å². The third kappa shape index (κ3) is 1.96. The third-order valence-corrected chi connectivity index (χ3v) is 4.16. The van der Waals surface area contributed by atoms with Gasteiger partial charge in [-0.25, -0.2) is 9.97 Å². The average molecular weight is 246 g/mol. The van der Waals surface area contributed by atoms with Crippen molar-refractivity contribution in [3.05, 3.63) is 24.3 Å². The van der Waals surface area contributed by atoms with E-state index in [1.807, 2.05) is 24.0 Å². The van der Waals surface area contributed by atoms with Gasteiger partial charge < -0.3 is 9.55 Å². The van der Waals surface area contributed by atoms with Gasteiger partial charge in [-0.15, -0.1) is 0 Å². The fourth-order valence-corrected chi connectivity index (χ4v) is 1.75. The summed E-state index contributed by atoms with van der Waals surface area (Å²) in [6, 6.07) is 0. The fraction of sp³-hybridized carbons (Fsp3) is 0.571. The SMILES string of the molecule is Cn1ccnc1-c1ncc(C(C)(C)C(C)(C)C)[nH]1. The molecule has 0 saturated heterocycles. The maximum atomic E-state index is 4.46. The van der Waals surface area contributed by atoms with E-state index in [4.69, 9.17) is 0 Å². The molecule has 0 fully saturated rings. The van der Waals surface area contributed by atoms with Crippen LogP contribution in [0.2, 0.25) is 0 Å². The fourth-order valence-electron chi connectivity index (χ4n) is 1.75. The van der Waals surface area contributed by atoms with Gasteiger partial charge in [0.25, 0.3) is 0 Å². The minimum absolute atomic E-state index is 0.0312. The number of rotatable bonds is 2. The molecule has 0 atom stereocenters. The first-order chi connectivity index (χ1) is 8.23. The minimum Gasteiger partial charge on any atom is -0.339 e. The van der Waals surface area contributed by atoms with Gasteiger partial charge in [0.15, 0.2) is 11.6 Å². The molecule has 0 aliphatic rings. The molecule has 0 saturated carbocycles. The van der Waals surface area contributed by atoms with Crippen LogP contribution in [0, 0.1) is 5.41 Å². The molecule has 0 radical (unpaired) electrons. The number of hydrogen-bond acceptors (Lipinski definition) is 2. The molecule has 98 valence electrons. The third-order valence-electron chi connectivity index (χ3n) is 4.16. The molecular formula is C14H22N4. The highest BCUT2D eigenvalue weighted by Gasteiger charge is 2.36. The Morgan fingerprint density at radius 2 is 1.78 bits per heavy atom. The highest BCUT2D eigenvalue weighted by atomic mass is 15.1. The number of H-pyrrole nitrogens is 1. The average Bonchev–Trinajstić information content (AvgIpc) is 2.83. The summed E-state index contributed by atoms with van der Waals surface area (Å²) in [5, 5.41) is 0. The van der Waals surface area contributed by atoms with Crippen molar-refractivity contribution in [2.24, 2.45) is 12.5 Å². The molecule has 2 rings (SSSR count). The van der Waals surface area contributed by atoms with E-state index in [2.05, 4.69) is 49.6 Å². The predicted molar refractivity (Wildman–Crippen MR) is 73.3 cm³/mol. The number of aromatic nitrogens is 4. The highest BCUT2D eigenvalue weighted by molar-refractivity contribution is 5.45. The van der Waals surface area contributed by atoms with Crippen molar-refractivity contribution in [3.63, 3.8) is 0 Å². The summed E-state index contributed by atoms with van der Waals surface area (Å²) in [4.78, 5) is 12.2. The molecule has 4 heteroatoms. The Kier molecular flexibility index (Phi) is 2.84. The predicted octanol–water partition coefficient (Wildman–Crippen LogP) is 3.13. The normalized spacial score (nSPS) is 13.0. The van der Waals surface area contributed by atoms with Crippen molar-refractivity contribution in [3.8, 4) is 11.6 Å². The first kappa shape index (κ1) is 12.9. The van der Waals surface area contributed by atoms with Crippen LogP contribution in [0.1, 0.15) is 40.3 Å². The van der Waals surface area contributed by atoms with E-state index in [1.54, 1.807) is 6.20 Å². The van der Waals surface area contributed by atoms with E-state index in [0.717, 1.165) is 17.3 Å². The second-order valence-corrected chi connectivity index (χ2v) is 6.38. The lowest BCUT2D eigenvalue weighted by molar-refractivity contribution is 0.220. The lowest BCUT2D eigenvalue weighted by Gasteiger charge is -2.37. The molecule has 4 nitrogen and oxygen atoms in total. The Morgan fingerprint density at radius 3 is 2.28 bits per heavy atom. The number of nitrogens with one attached hydrogen (secondary N) is 1. The second-order valence-electron chi connectivity index (χ2n) is 6.38. The highest BCUT2D eigenvalue weighted by Crippen LogP contribution is 2.40. The van der Waals surface area contributed by atoms with Crippen molar-refractivity contribution < 1.29 is 0 Å². The number of imidazole rings is 2. The summed E-state index contributed by atoms with van der Waals surface area (Å²) >= 11 is 0.